The van der Waals surface area contributed by atoms with Gasteiger partial charge in [-0.25, -0.2) is 8.42 Å². The lowest BCUT2D eigenvalue weighted by atomic mass is 10.1. The first-order chi connectivity index (χ1) is 13.8. The number of hydrogen-bond acceptors (Lipinski definition) is 7. The van der Waals surface area contributed by atoms with E-state index in [1.165, 1.54) is 24.4 Å². The van der Waals surface area contributed by atoms with Crippen molar-refractivity contribution in [3.8, 4) is 5.75 Å². The van der Waals surface area contributed by atoms with E-state index in [-0.39, 0.29) is 10.6 Å². The molecule has 29 heavy (non-hydrogen) atoms. The summed E-state index contributed by atoms with van der Waals surface area (Å²) in [4.78, 5) is 17.1. The zero-order valence-corrected chi connectivity index (χ0v) is 16.9. The van der Waals surface area contributed by atoms with Gasteiger partial charge in [-0.2, -0.15) is 0 Å². The minimum Gasteiger partial charge on any atom is -0.494 e. The van der Waals surface area contributed by atoms with Gasteiger partial charge in [-0.05, 0) is 42.8 Å². The van der Waals surface area contributed by atoms with Gasteiger partial charge < -0.3 is 9.64 Å². The Morgan fingerprint density at radius 1 is 1.10 bits per heavy atom. The largest absolute Gasteiger partial charge is 0.494 e. The van der Waals surface area contributed by atoms with Gasteiger partial charge in [-0.3, -0.25) is 15.1 Å². The number of sulfone groups is 1. The maximum atomic E-state index is 11.5. The number of nitro groups is 1. The molecule has 0 amide bonds. The molecule has 0 fully saturated rings. The van der Waals surface area contributed by atoms with E-state index in [1.54, 1.807) is 30.5 Å². The minimum atomic E-state index is -3.22. The average Bonchev–Trinajstić information content (AvgIpc) is 2.69. The number of hydrogen-bond donors (Lipinski definition) is 0. The summed E-state index contributed by atoms with van der Waals surface area (Å²) in [6.07, 6.45) is 5.01. The van der Waals surface area contributed by atoms with Gasteiger partial charge >= 0.3 is 0 Å². The highest BCUT2D eigenvalue weighted by molar-refractivity contribution is 7.90. The molecule has 0 saturated heterocycles. The van der Waals surface area contributed by atoms with E-state index in [0.717, 1.165) is 17.3 Å². The van der Waals surface area contributed by atoms with Crippen molar-refractivity contribution in [1.29, 1.82) is 0 Å². The number of ether oxygens (including phenoxy) is 1. The van der Waals surface area contributed by atoms with Crippen LogP contribution in [0.5, 0.6) is 5.75 Å². The molecule has 152 valence electrons. The van der Waals surface area contributed by atoms with Crippen LogP contribution in [0.2, 0.25) is 0 Å². The van der Waals surface area contributed by atoms with Crippen LogP contribution in [0, 0.1) is 10.1 Å². The summed E-state index contributed by atoms with van der Waals surface area (Å²) in [7, 11) is -1.30. The van der Waals surface area contributed by atoms with Gasteiger partial charge in [0.1, 0.15) is 5.75 Å². The van der Waals surface area contributed by atoms with Crippen LogP contribution in [0.1, 0.15) is 6.42 Å². The second kappa shape index (κ2) is 8.44. The number of pyridine rings is 1. The van der Waals surface area contributed by atoms with E-state index in [0.29, 0.717) is 30.7 Å². The third-order valence-electron chi connectivity index (χ3n) is 4.54. The maximum Gasteiger partial charge on any atom is 0.278 e. The molecular weight excluding hydrogens is 394 g/mol. The number of nitrogens with zero attached hydrogens (tertiary/aromatic N) is 3. The molecule has 3 aromatic rings. The molecule has 0 atom stereocenters. The summed E-state index contributed by atoms with van der Waals surface area (Å²) in [5.74, 6) is 0.604. The number of aromatic nitrogens is 1. The molecule has 2 aromatic carbocycles. The second-order valence-corrected chi connectivity index (χ2v) is 8.67. The molecule has 0 aliphatic rings. The molecule has 0 spiro atoms. The number of nitro benzene ring substituents is 1. The van der Waals surface area contributed by atoms with Crippen LogP contribution < -0.4 is 9.64 Å². The third-order valence-corrected chi connectivity index (χ3v) is 5.67. The summed E-state index contributed by atoms with van der Waals surface area (Å²) in [6, 6.07) is 11.3. The lowest BCUT2D eigenvalue weighted by Gasteiger charge is -2.21. The maximum absolute atomic E-state index is 11.5. The van der Waals surface area contributed by atoms with Crippen molar-refractivity contribution in [3.63, 3.8) is 0 Å². The van der Waals surface area contributed by atoms with Gasteiger partial charge in [-0.15, -0.1) is 0 Å². The molecule has 0 bridgehead atoms. The molecule has 0 radical (unpaired) electrons. The molecule has 0 saturated carbocycles. The summed E-state index contributed by atoms with van der Waals surface area (Å²) in [6.45, 7) is 1.13. The van der Waals surface area contributed by atoms with Gasteiger partial charge in [0.2, 0.25) is 0 Å². The van der Waals surface area contributed by atoms with Gasteiger partial charge in [0.25, 0.3) is 5.69 Å². The fourth-order valence-electron chi connectivity index (χ4n) is 3.05. The third kappa shape index (κ3) is 4.80. The van der Waals surface area contributed by atoms with Gasteiger partial charge in [0.05, 0.1) is 21.8 Å². The fourth-order valence-corrected chi connectivity index (χ4v) is 3.68. The standard InChI is InChI=1S/C20H21N3O5S/c1-22(12-3-13-28-15-4-6-16(7-5-15)29(2,26)27)19-8-9-20(23(24)25)18-14-21-11-10-17(18)19/h4-11,14H,3,12-13H2,1-2H3. The van der Waals surface area contributed by atoms with Crippen LogP contribution in [0.25, 0.3) is 10.8 Å². The quantitative estimate of drug-likeness (QED) is 0.315. The normalized spacial score (nSPS) is 11.4. The van der Waals surface area contributed by atoms with E-state index in [2.05, 4.69) is 4.98 Å². The molecule has 8 nitrogen and oxygen atoms in total. The van der Waals surface area contributed by atoms with Crippen molar-refractivity contribution in [2.24, 2.45) is 0 Å². The molecule has 0 unspecified atom stereocenters. The Morgan fingerprint density at radius 2 is 1.83 bits per heavy atom. The molecule has 0 N–H and O–H groups in total. The van der Waals surface area contributed by atoms with Crippen molar-refractivity contribution < 1.29 is 18.1 Å². The van der Waals surface area contributed by atoms with Crippen LogP contribution in [0.15, 0.2) is 59.8 Å². The van der Waals surface area contributed by atoms with Crippen LogP contribution in [0.3, 0.4) is 0 Å². The first kappa shape index (κ1) is 20.5. The first-order valence-corrected chi connectivity index (χ1v) is 10.8. The number of fused-ring (bicyclic) bond motifs is 1. The molecule has 0 aliphatic carbocycles. The lowest BCUT2D eigenvalue weighted by Crippen LogP contribution is -2.20. The van der Waals surface area contributed by atoms with Crippen molar-refractivity contribution in [2.75, 3.05) is 31.4 Å². The van der Waals surface area contributed by atoms with Gasteiger partial charge in [0.15, 0.2) is 9.84 Å². The van der Waals surface area contributed by atoms with E-state index in [4.69, 9.17) is 4.74 Å². The van der Waals surface area contributed by atoms with Crippen molar-refractivity contribution in [1.82, 2.24) is 4.98 Å². The predicted octanol–water partition coefficient (Wildman–Crippen LogP) is 3.45. The van der Waals surface area contributed by atoms with E-state index in [1.807, 2.05) is 11.9 Å². The molecular formula is C20H21N3O5S. The topological polar surface area (TPSA) is 103 Å². The number of benzene rings is 2. The van der Waals surface area contributed by atoms with Gasteiger partial charge in [-0.1, -0.05) is 0 Å². The number of non-ortho nitro benzene ring substituents is 1. The summed E-state index contributed by atoms with van der Waals surface area (Å²) < 4.78 is 28.6. The van der Waals surface area contributed by atoms with Crippen LogP contribution in [-0.4, -0.2) is 44.8 Å². The second-order valence-electron chi connectivity index (χ2n) is 6.65. The highest BCUT2D eigenvalue weighted by atomic mass is 32.2. The number of rotatable bonds is 8. The Labute approximate surface area is 168 Å². The molecule has 0 aliphatic heterocycles. The fraction of sp³-hybridized carbons (Fsp3) is 0.250. The summed E-state index contributed by atoms with van der Waals surface area (Å²) in [5, 5.41) is 12.5. The Bertz CT molecular complexity index is 1130. The van der Waals surface area contributed by atoms with Crippen LogP contribution in [-0.2, 0) is 9.84 Å². The lowest BCUT2D eigenvalue weighted by molar-refractivity contribution is -0.383. The number of anilines is 1. The molecule has 9 heteroatoms. The van der Waals surface area contributed by atoms with Crippen LogP contribution >= 0.6 is 0 Å². The first-order valence-electron chi connectivity index (χ1n) is 8.92. The van der Waals surface area contributed by atoms with Gasteiger partial charge in [0, 0.05) is 49.4 Å². The Kier molecular flexibility index (Phi) is 5.97. The monoisotopic (exact) mass is 415 g/mol. The van der Waals surface area contributed by atoms with Crippen molar-refractivity contribution >= 4 is 32.0 Å². The Balaban J connectivity index is 1.62. The SMILES string of the molecule is CN(CCCOc1ccc(S(C)(=O)=O)cc1)c1ccc([N+](=O)[O-])c2cnccc12. The predicted molar refractivity (Wildman–Crippen MR) is 111 cm³/mol. The Hall–Kier alpha value is -3.20. The van der Waals surface area contributed by atoms with Crippen LogP contribution in [0.4, 0.5) is 11.4 Å². The van der Waals surface area contributed by atoms with Crippen molar-refractivity contribution in [3.05, 3.63) is 65.0 Å². The van der Waals surface area contributed by atoms with Crippen molar-refractivity contribution in [2.45, 2.75) is 11.3 Å². The van der Waals surface area contributed by atoms with E-state index in [9.17, 15) is 18.5 Å². The smallest absolute Gasteiger partial charge is 0.278 e. The minimum absolute atomic E-state index is 0.0334. The highest BCUT2D eigenvalue weighted by Crippen LogP contribution is 2.32. The molecule has 3 rings (SSSR count). The zero-order valence-electron chi connectivity index (χ0n) is 16.1. The molecule has 1 heterocycles. The van der Waals surface area contributed by atoms with E-state index >= 15 is 0 Å². The summed E-state index contributed by atoms with van der Waals surface area (Å²) in [5.41, 5.74) is 0.914. The average molecular weight is 415 g/mol. The molecule has 1 aromatic heterocycles. The highest BCUT2D eigenvalue weighted by Gasteiger charge is 2.16. The summed E-state index contributed by atoms with van der Waals surface area (Å²) >= 11 is 0. The van der Waals surface area contributed by atoms with E-state index < -0.39 is 14.8 Å². The zero-order chi connectivity index (χ0) is 21.0. The Morgan fingerprint density at radius 3 is 2.48 bits per heavy atom.